The molecule has 0 saturated heterocycles. The van der Waals surface area contributed by atoms with E-state index >= 15 is 0 Å². The van der Waals surface area contributed by atoms with Crippen molar-refractivity contribution in [2.75, 3.05) is 0 Å². The predicted molar refractivity (Wildman–Crippen MR) is 118 cm³/mol. The van der Waals surface area contributed by atoms with Crippen molar-refractivity contribution in [3.63, 3.8) is 0 Å². The first kappa shape index (κ1) is 20.5. The molecule has 0 unspecified atom stereocenters. The predicted octanol–water partition coefficient (Wildman–Crippen LogP) is 7.81. The van der Waals surface area contributed by atoms with Crippen molar-refractivity contribution in [3.05, 3.63) is 77.4 Å². The van der Waals surface area contributed by atoms with Crippen molar-refractivity contribution in [1.29, 1.82) is 0 Å². The van der Waals surface area contributed by atoms with Gasteiger partial charge >= 0.3 is 0 Å². The largest absolute Gasteiger partial charge is 0.0984 e. The highest BCUT2D eigenvalue weighted by Gasteiger charge is 2.22. The standard InChI is InChI=1S/C26H36/c1-9-23-20(13-12-19(4)25(5,6)10-2)14-15-21-16-17-22(18-24(21)23)26(7,8)11-3/h9,12-13,16-18H,1,4,10-11,14-15H2,2-3,5-8H3/b13-12-. The van der Waals surface area contributed by atoms with Crippen LogP contribution in [0.15, 0.2) is 60.7 Å². The van der Waals surface area contributed by atoms with Gasteiger partial charge in [-0.25, -0.2) is 0 Å². The van der Waals surface area contributed by atoms with Crippen molar-refractivity contribution in [2.45, 2.75) is 72.6 Å². The van der Waals surface area contributed by atoms with Gasteiger partial charge in [-0.2, -0.15) is 0 Å². The highest BCUT2D eigenvalue weighted by atomic mass is 14.3. The van der Waals surface area contributed by atoms with Crippen molar-refractivity contribution in [3.8, 4) is 0 Å². The first-order valence-electron chi connectivity index (χ1n) is 10.0. The molecule has 0 bridgehead atoms. The molecule has 140 valence electrons. The van der Waals surface area contributed by atoms with Crippen molar-refractivity contribution < 1.29 is 0 Å². The van der Waals surface area contributed by atoms with Gasteiger partial charge in [-0.15, -0.1) is 0 Å². The summed E-state index contributed by atoms with van der Waals surface area (Å²) in [4.78, 5) is 0. The van der Waals surface area contributed by atoms with E-state index in [1.54, 1.807) is 0 Å². The molecule has 0 heteroatoms. The van der Waals surface area contributed by atoms with Gasteiger partial charge in [-0.05, 0) is 69.9 Å². The molecule has 1 aliphatic carbocycles. The zero-order valence-electron chi connectivity index (χ0n) is 17.7. The molecule has 0 spiro atoms. The van der Waals surface area contributed by atoms with Crippen molar-refractivity contribution in [2.24, 2.45) is 5.41 Å². The van der Waals surface area contributed by atoms with Gasteiger partial charge in [0.15, 0.2) is 0 Å². The van der Waals surface area contributed by atoms with E-state index in [2.05, 4.69) is 85.1 Å². The van der Waals surface area contributed by atoms with Crippen LogP contribution in [0.25, 0.3) is 5.57 Å². The first-order valence-corrected chi connectivity index (χ1v) is 10.0. The molecule has 0 atom stereocenters. The Morgan fingerprint density at radius 3 is 2.35 bits per heavy atom. The number of fused-ring (bicyclic) bond motifs is 1. The molecule has 0 nitrogen and oxygen atoms in total. The molecule has 1 aliphatic rings. The van der Waals surface area contributed by atoms with Crippen LogP contribution in [-0.4, -0.2) is 0 Å². The van der Waals surface area contributed by atoms with Crippen LogP contribution in [-0.2, 0) is 11.8 Å². The number of hydrogen-bond donors (Lipinski definition) is 0. The van der Waals surface area contributed by atoms with E-state index in [1.165, 1.54) is 33.4 Å². The molecule has 0 aromatic heterocycles. The molecule has 1 aromatic rings. The Morgan fingerprint density at radius 1 is 1.08 bits per heavy atom. The fraction of sp³-hybridized carbons (Fsp3) is 0.462. The summed E-state index contributed by atoms with van der Waals surface area (Å²) in [5, 5.41) is 0. The highest BCUT2D eigenvalue weighted by molar-refractivity contribution is 5.82. The minimum Gasteiger partial charge on any atom is -0.0984 e. The maximum atomic E-state index is 4.30. The van der Waals surface area contributed by atoms with Crippen LogP contribution in [0.5, 0.6) is 0 Å². The van der Waals surface area contributed by atoms with Crippen LogP contribution < -0.4 is 0 Å². The van der Waals surface area contributed by atoms with Gasteiger partial charge in [0.2, 0.25) is 0 Å². The number of rotatable bonds is 7. The zero-order chi connectivity index (χ0) is 19.5. The Bertz CT molecular complexity index is 750. The van der Waals surface area contributed by atoms with Gasteiger partial charge in [0, 0.05) is 0 Å². The van der Waals surface area contributed by atoms with Gasteiger partial charge in [0.1, 0.15) is 0 Å². The van der Waals surface area contributed by atoms with Gasteiger partial charge in [-0.1, -0.05) is 91.1 Å². The molecule has 0 amide bonds. The highest BCUT2D eigenvalue weighted by Crippen LogP contribution is 2.37. The SMILES string of the molecule is C=CC1=C(/C=C\C(=C)C(C)(C)CC)CCc2ccc(C(C)(C)CC)cc21. The van der Waals surface area contributed by atoms with E-state index < -0.39 is 0 Å². The van der Waals surface area contributed by atoms with Gasteiger partial charge in [-0.3, -0.25) is 0 Å². The number of aryl methyl sites for hydroxylation is 1. The summed E-state index contributed by atoms with van der Waals surface area (Å²) in [6, 6.07) is 7.04. The third-order valence-electron chi connectivity index (χ3n) is 6.52. The smallest absolute Gasteiger partial charge is 0.0106 e. The summed E-state index contributed by atoms with van der Waals surface area (Å²) in [7, 11) is 0. The van der Waals surface area contributed by atoms with Crippen LogP contribution in [0.4, 0.5) is 0 Å². The van der Waals surface area contributed by atoms with Crippen LogP contribution in [0.2, 0.25) is 0 Å². The van der Waals surface area contributed by atoms with Crippen LogP contribution in [0.3, 0.4) is 0 Å². The average molecular weight is 349 g/mol. The van der Waals surface area contributed by atoms with Crippen LogP contribution in [0, 0.1) is 5.41 Å². The number of hydrogen-bond acceptors (Lipinski definition) is 0. The van der Waals surface area contributed by atoms with Crippen LogP contribution >= 0.6 is 0 Å². The second-order valence-electron chi connectivity index (χ2n) is 8.85. The normalized spacial score (nSPS) is 15.3. The Morgan fingerprint density at radius 2 is 1.77 bits per heavy atom. The lowest BCUT2D eigenvalue weighted by atomic mass is 9.77. The Balaban J connectivity index is 2.45. The summed E-state index contributed by atoms with van der Waals surface area (Å²) in [5.74, 6) is 0. The van der Waals surface area contributed by atoms with E-state index in [1.807, 2.05) is 6.08 Å². The Kier molecular flexibility index (Phi) is 6.17. The fourth-order valence-electron chi connectivity index (χ4n) is 3.32. The lowest BCUT2D eigenvalue weighted by Gasteiger charge is -2.27. The molecule has 0 N–H and O–H groups in total. The van der Waals surface area contributed by atoms with E-state index in [0.29, 0.717) is 0 Å². The second-order valence-corrected chi connectivity index (χ2v) is 8.85. The number of allylic oxidation sites excluding steroid dienone is 6. The van der Waals surface area contributed by atoms with Crippen molar-refractivity contribution in [1.82, 2.24) is 0 Å². The number of benzene rings is 1. The minimum absolute atomic E-state index is 0.149. The summed E-state index contributed by atoms with van der Waals surface area (Å²) >= 11 is 0. The molecule has 0 fully saturated rings. The topological polar surface area (TPSA) is 0 Å². The maximum Gasteiger partial charge on any atom is -0.0106 e. The average Bonchev–Trinajstić information content (AvgIpc) is 2.64. The first-order chi connectivity index (χ1) is 12.2. The maximum absolute atomic E-state index is 4.30. The van der Waals surface area contributed by atoms with E-state index in [9.17, 15) is 0 Å². The minimum atomic E-state index is 0.149. The second kappa shape index (κ2) is 7.82. The Labute approximate surface area is 161 Å². The quantitative estimate of drug-likeness (QED) is 0.441. The lowest BCUT2D eigenvalue weighted by molar-refractivity contribution is 0.441. The van der Waals surface area contributed by atoms with Gasteiger partial charge in [0.25, 0.3) is 0 Å². The molecular weight excluding hydrogens is 312 g/mol. The third-order valence-corrected chi connectivity index (χ3v) is 6.52. The third kappa shape index (κ3) is 4.11. The summed E-state index contributed by atoms with van der Waals surface area (Å²) in [6.07, 6.45) is 10.9. The monoisotopic (exact) mass is 348 g/mol. The Hall–Kier alpha value is -1.82. The molecular formula is C26H36. The summed E-state index contributed by atoms with van der Waals surface area (Å²) in [5.41, 5.74) is 8.45. The van der Waals surface area contributed by atoms with E-state index in [0.717, 1.165) is 25.7 Å². The fourth-order valence-corrected chi connectivity index (χ4v) is 3.32. The molecule has 2 rings (SSSR count). The van der Waals surface area contributed by atoms with Crippen molar-refractivity contribution >= 4 is 5.57 Å². The lowest BCUT2D eigenvalue weighted by Crippen LogP contribution is -2.16. The van der Waals surface area contributed by atoms with E-state index in [4.69, 9.17) is 0 Å². The van der Waals surface area contributed by atoms with E-state index in [-0.39, 0.29) is 10.8 Å². The molecule has 26 heavy (non-hydrogen) atoms. The molecule has 0 saturated carbocycles. The molecule has 0 radical (unpaired) electrons. The zero-order valence-corrected chi connectivity index (χ0v) is 17.7. The summed E-state index contributed by atoms with van der Waals surface area (Å²) in [6.45, 7) is 22.1. The summed E-state index contributed by atoms with van der Waals surface area (Å²) < 4.78 is 0. The van der Waals surface area contributed by atoms with Gasteiger partial charge < -0.3 is 0 Å². The molecule has 0 aliphatic heterocycles. The van der Waals surface area contributed by atoms with Gasteiger partial charge in [0.05, 0.1) is 0 Å². The molecule has 0 heterocycles. The molecule has 1 aromatic carbocycles. The van der Waals surface area contributed by atoms with Crippen LogP contribution in [0.1, 0.15) is 77.5 Å².